The maximum Gasteiger partial charge on any atom is 0.175 e. The van der Waals surface area contributed by atoms with Crippen LogP contribution in [-0.4, -0.2) is 28.9 Å². The molecule has 20 heavy (non-hydrogen) atoms. The van der Waals surface area contributed by atoms with Gasteiger partial charge in [-0.1, -0.05) is 24.3 Å². The van der Waals surface area contributed by atoms with Crippen molar-refractivity contribution in [2.24, 2.45) is 11.8 Å². The molecule has 0 amide bonds. The van der Waals surface area contributed by atoms with Gasteiger partial charge in [-0.2, -0.15) is 0 Å². The minimum absolute atomic E-state index is 0.250. The topological polar surface area (TPSA) is 85.3 Å². The third-order valence-corrected chi connectivity index (χ3v) is 3.79. The first-order valence-electron chi connectivity index (χ1n) is 6.25. The molecule has 2 aliphatic carbocycles. The molecule has 0 heterocycles. The lowest BCUT2D eigenvalue weighted by atomic mass is 9.75. The van der Waals surface area contributed by atoms with Crippen molar-refractivity contribution in [3.05, 3.63) is 35.4 Å². The molecule has 0 aliphatic heterocycles. The Labute approximate surface area is 114 Å². The molecule has 1 fully saturated rings. The highest BCUT2D eigenvalue weighted by Gasteiger charge is 2.50. The van der Waals surface area contributed by atoms with Gasteiger partial charge in [0.1, 0.15) is 11.7 Å². The zero-order chi connectivity index (χ0) is 14.4. The van der Waals surface area contributed by atoms with Crippen LogP contribution in [0.4, 0.5) is 0 Å². The van der Waals surface area contributed by atoms with E-state index < -0.39 is 40.8 Å². The highest BCUT2D eigenvalue weighted by Crippen LogP contribution is 2.35. The summed E-state index contributed by atoms with van der Waals surface area (Å²) in [6, 6.07) is 6.28. The SMILES string of the molecule is O=C1CC(=O)C(C2C(=O)c3ccccc3C2=O)C(=O)C1. The number of rotatable bonds is 1. The summed E-state index contributed by atoms with van der Waals surface area (Å²) in [6.07, 6.45) is -0.742. The van der Waals surface area contributed by atoms with E-state index in [1.165, 1.54) is 12.1 Å². The number of hydrogen-bond donors (Lipinski definition) is 0. The fraction of sp³-hybridized carbons (Fsp3) is 0.267. The van der Waals surface area contributed by atoms with Gasteiger partial charge >= 0.3 is 0 Å². The Bertz CT molecular complexity index is 630. The van der Waals surface area contributed by atoms with Crippen molar-refractivity contribution in [2.45, 2.75) is 12.8 Å². The summed E-state index contributed by atoms with van der Waals surface area (Å²) in [5, 5.41) is 0. The Kier molecular flexibility index (Phi) is 2.71. The maximum absolute atomic E-state index is 12.3. The van der Waals surface area contributed by atoms with Gasteiger partial charge in [-0.05, 0) is 0 Å². The first-order chi connectivity index (χ1) is 9.50. The minimum atomic E-state index is -1.29. The number of Topliss-reactive ketones (excluding diaryl/α,β-unsaturated/α-hetero) is 5. The molecule has 1 aromatic rings. The minimum Gasteiger partial charge on any atom is -0.299 e. The molecular weight excluding hydrogens is 260 g/mol. The summed E-state index contributed by atoms with van der Waals surface area (Å²) >= 11 is 0. The second-order valence-corrected chi connectivity index (χ2v) is 5.05. The fourth-order valence-corrected chi connectivity index (χ4v) is 2.89. The molecule has 0 saturated heterocycles. The van der Waals surface area contributed by atoms with E-state index in [1.807, 2.05) is 0 Å². The molecule has 1 saturated carbocycles. The van der Waals surface area contributed by atoms with Crippen LogP contribution in [0, 0.1) is 11.8 Å². The lowest BCUT2D eigenvalue weighted by molar-refractivity contribution is -0.141. The number of carbonyl (C=O) groups is 5. The highest BCUT2D eigenvalue weighted by atomic mass is 16.2. The van der Waals surface area contributed by atoms with Crippen molar-refractivity contribution < 1.29 is 24.0 Å². The molecule has 5 nitrogen and oxygen atoms in total. The summed E-state index contributed by atoms with van der Waals surface area (Å²) in [4.78, 5) is 59.5. The standard InChI is InChI=1S/C15H10O5/c16-7-5-10(17)12(11(18)6-7)13-14(19)8-3-1-2-4-9(8)15(13)20/h1-4,12-13H,5-6H2. The zero-order valence-corrected chi connectivity index (χ0v) is 10.4. The van der Waals surface area contributed by atoms with Gasteiger partial charge in [-0.25, -0.2) is 0 Å². The van der Waals surface area contributed by atoms with Gasteiger partial charge in [0.15, 0.2) is 23.1 Å². The number of fused-ring (bicyclic) bond motifs is 1. The van der Waals surface area contributed by atoms with Crippen molar-refractivity contribution in [3.8, 4) is 0 Å². The van der Waals surface area contributed by atoms with Crippen molar-refractivity contribution in [2.75, 3.05) is 0 Å². The van der Waals surface area contributed by atoms with Gasteiger partial charge < -0.3 is 0 Å². The fourth-order valence-electron chi connectivity index (χ4n) is 2.89. The van der Waals surface area contributed by atoms with Crippen LogP contribution in [0.3, 0.4) is 0 Å². The van der Waals surface area contributed by atoms with E-state index in [-0.39, 0.29) is 24.0 Å². The molecule has 5 heteroatoms. The van der Waals surface area contributed by atoms with Crippen LogP contribution in [0.15, 0.2) is 24.3 Å². The average Bonchev–Trinajstić information content (AvgIpc) is 2.64. The summed E-state index contributed by atoms with van der Waals surface area (Å²) in [6.45, 7) is 0. The van der Waals surface area contributed by atoms with E-state index in [2.05, 4.69) is 0 Å². The van der Waals surface area contributed by atoms with Gasteiger partial charge in [0.25, 0.3) is 0 Å². The summed E-state index contributed by atoms with van der Waals surface area (Å²) in [7, 11) is 0. The smallest absolute Gasteiger partial charge is 0.175 e. The van der Waals surface area contributed by atoms with E-state index in [0.717, 1.165) is 0 Å². The van der Waals surface area contributed by atoms with Gasteiger partial charge in [-0.3, -0.25) is 24.0 Å². The molecule has 0 bridgehead atoms. The van der Waals surface area contributed by atoms with Gasteiger partial charge in [0, 0.05) is 11.1 Å². The lowest BCUT2D eigenvalue weighted by Crippen LogP contribution is -2.42. The molecule has 2 aliphatic rings. The summed E-state index contributed by atoms with van der Waals surface area (Å²) in [5.74, 6) is -5.25. The van der Waals surface area contributed by atoms with Crippen molar-refractivity contribution in [3.63, 3.8) is 0 Å². The molecule has 0 aromatic heterocycles. The second kappa shape index (κ2) is 4.30. The first-order valence-corrected chi connectivity index (χ1v) is 6.25. The van der Waals surface area contributed by atoms with Crippen LogP contribution in [0.25, 0.3) is 0 Å². The van der Waals surface area contributed by atoms with Crippen LogP contribution >= 0.6 is 0 Å². The highest BCUT2D eigenvalue weighted by molar-refractivity contribution is 6.32. The van der Waals surface area contributed by atoms with Gasteiger partial charge in [0.05, 0.1) is 18.8 Å². The Morgan fingerprint density at radius 3 is 1.60 bits per heavy atom. The predicted octanol–water partition coefficient (Wildman–Crippen LogP) is 0.799. The van der Waals surface area contributed by atoms with Crippen molar-refractivity contribution in [1.82, 2.24) is 0 Å². The molecule has 1 aromatic carbocycles. The van der Waals surface area contributed by atoms with Gasteiger partial charge in [0.2, 0.25) is 0 Å². The van der Waals surface area contributed by atoms with E-state index in [9.17, 15) is 24.0 Å². The Hall–Kier alpha value is -2.43. The van der Waals surface area contributed by atoms with Crippen LogP contribution in [0.2, 0.25) is 0 Å². The quantitative estimate of drug-likeness (QED) is 0.704. The monoisotopic (exact) mass is 270 g/mol. The normalized spacial score (nSPS) is 20.7. The Morgan fingerprint density at radius 1 is 0.700 bits per heavy atom. The third kappa shape index (κ3) is 1.66. The summed E-state index contributed by atoms with van der Waals surface area (Å²) < 4.78 is 0. The number of hydrogen-bond acceptors (Lipinski definition) is 5. The summed E-state index contributed by atoms with van der Waals surface area (Å²) in [5.41, 5.74) is 0.500. The second-order valence-electron chi connectivity index (χ2n) is 5.05. The average molecular weight is 270 g/mol. The van der Waals surface area contributed by atoms with Crippen LogP contribution < -0.4 is 0 Å². The molecule has 0 atom stereocenters. The molecular formula is C15H10O5. The Balaban J connectivity index is 2.03. The molecule has 0 radical (unpaired) electrons. The van der Waals surface area contributed by atoms with E-state index in [4.69, 9.17) is 0 Å². The molecule has 100 valence electrons. The zero-order valence-electron chi connectivity index (χ0n) is 10.4. The largest absolute Gasteiger partial charge is 0.299 e. The van der Waals surface area contributed by atoms with Crippen molar-refractivity contribution >= 4 is 28.9 Å². The Morgan fingerprint density at radius 2 is 1.15 bits per heavy atom. The van der Waals surface area contributed by atoms with E-state index >= 15 is 0 Å². The molecule has 0 unspecified atom stereocenters. The first kappa shape index (κ1) is 12.6. The molecule has 0 spiro atoms. The van der Waals surface area contributed by atoms with Gasteiger partial charge in [-0.15, -0.1) is 0 Å². The number of ketones is 5. The molecule has 3 rings (SSSR count). The third-order valence-electron chi connectivity index (χ3n) is 3.79. The van der Waals surface area contributed by atoms with E-state index in [1.54, 1.807) is 12.1 Å². The van der Waals surface area contributed by atoms with E-state index in [0.29, 0.717) is 0 Å². The van der Waals surface area contributed by atoms with Crippen LogP contribution in [0.5, 0.6) is 0 Å². The lowest BCUT2D eigenvalue weighted by Gasteiger charge is -2.22. The maximum atomic E-state index is 12.3. The molecule has 0 N–H and O–H groups in total. The number of carbonyl (C=O) groups excluding carboxylic acids is 5. The van der Waals surface area contributed by atoms with Crippen molar-refractivity contribution in [1.29, 1.82) is 0 Å². The van der Waals surface area contributed by atoms with Crippen LogP contribution in [-0.2, 0) is 14.4 Å². The van der Waals surface area contributed by atoms with Crippen LogP contribution in [0.1, 0.15) is 33.6 Å². The number of benzene rings is 1. The predicted molar refractivity (Wildman–Crippen MR) is 66.3 cm³/mol.